The Morgan fingerprint density at radius 1 is 1.33 bits per heavy atom. The second kappa shape index (κ2) is 8.15. The number of imidazole rings is 1. The number of nitrogens with zero attached hydrogens (tertiary/aromatic N) is 4. The Bertz CT molecular complexity index is 1250. The standard InChI is InChI=1S/C18H17F3N5O5PS/c19-11-13(27)18(17(20)21,6-29-32(33)28-5-9-3-1-2-4-10(9)31-32)30-16(11)26-8-25-12-14(22)23-7-24-15(12)26/h1-4,7-8,11,13,16-17,27H,5-6H2,(H2,22,23,24)/t11-,13-,16-,18-,32?/m1/s1. The normalized spacial score (nSPS) is 31.6. The zero-order valence-electron chi connectivity index (χ0n) is 16.6. The average Bonchev–Trinajstić information content (AvgIpc) is 3.33. The maximum atomic E-state index is 15.1. The largest absolute Gasteiger partial charge is 0.424 e. The van der Waals surface area contributed by atoms with E-state index in [1.165, 1.54) is 0 Å². The van der Waals surface area contributed by atoms with Crippen LogP contribution >= 0.6 is 6.72 Å². The maximum Gasteiger partial charge on any atom is 0.381 e. The second-order valence-corrected chi connectivity index (χ2v) is 10.4. The van der Waals surface area contributed by atoms with Gasteiger partial charge in [0.15, 0.2) is 29.5 Å². The molecule has 1 unspecified atom stereocenters. The molecular formula is C18H17F3N5O5PS. The lowest BCUT2D eigenvalue weighted by molar-refractivity contribution is -0.192. The van der Waals surface area contributed by atoms with E-state index in [0.29, 0.717) is 11.3 Å². The number of fused-ring (bicyclic) bond motifs is 2. The van der Waals surface area contributed by atoms with Gasteiger partial charge in [0.25, 0.3) is 6.43 Å². The van der Waals surface area contributed by atoms with Crippen LogP contribution in [0.5, 0.6) is 5.75 Å². The van der Waals surface area contributed by atoms with Crippen molar-refractivity contribution >= 4 is 35.5 Å². The number of benzene rings is 1. The van der Waals surface area contributed by atoms with Crippen molar-refractivity contribution in [2.45, 2.75) is 37.1 Å². The van der Waals surface area contributed by atoms with Crippen LogP contribution in [0.4, 0.5) is 19.0 Å². The van der Waals surface area contributed by atoms with Gasteiger partial charge in [0.2, 0.25) is 0 Å². The monoisotopic (exact) mass is 503 g/mol. The summed E-state index contributed by atoms with van der Waals surface area (Å²) in [5.74, 6) is 0.412. The Balaban J connectivity index is 1.42. The van der Waals surface area contributed by atoms with Gasteiger partial charge in [0, 0.05) is 17.4 Å². The number of aliphatic hydroxyl groups is 1. The Kier molecular flexibility index (Phi) is 5.54. The van der Waals surface area contributed by atoms with Crippen molar-refractivity contribution in [2.75, 3.05) is 12.3 Å². The molecule has 4 heterocycles. The number of anilines is 1. The van der Waals surface area contributed by atoms with Crippen LogP contribution in [0.2, 0.25) is 0 Å². The molecule has 0 radical (unpaired) electrons. The number of aliphatic hydroxyl groups excluding tert-OH is 1. The molecule has 0 amide bonds. The number of ether oxygens (including phenoxy) is 1. The van der Waals surface area contributed by atoms with Crippen molar-refractivity contribution in [2.24, 2.45) is 0 Å². The van der Waals surface area contributed by atoms with E-state index in [9.17, 15) is 13.9 Å². The lowest BCUT2D eigenvalue weighted by Gasteiger charge is -2.34. The molecule has 0 spiro atoms. The van der Waals surface area contributed by atoms with E-state index in [4.69, 9.17) is 35.8 Å². The fraction of sp³-hybridized carbons (Fsp3) is 0.389. The van der Waals surface area contributed by atoms with Crippen LogP contribution in [0.15, 0.2) is 36.9 Å². The summed E-state index contributed by atoms with van der Waals surface area (Å²) >= 11 is 5.28. The predicted molar refractivity (Wildman–Crippen MR) is 112 cm³/mol. The third-order valence-electron chi connectivity index (χ3n) is 5.45. The first-order valence-corrected chi connectivity index (χ1v) is 12.2. The summed E-state index contributed by atoms with van der Waals surface area (Å²) in [6, 6.07) is 6.87. The summed E-state index contributed by atoms with van der Waals surface area (Å²) in [7, 11) is 0. The van der Waals surface area contributed by atoms with Crippen LogP contribution < -0.4 is 10.3 Å². The van der Waals surface area contributed by atoms with Gasteiger partial charge in [-0.15, -0.1) is 0 Å². The van der Waals surface area contributed by atoms with Crippen LogP contribution in [-0.2, 0) is 32.2 Å². The second-order valence-electron chi connectivity index (χ2n) is 7.43. The van der Waals surface area contributed by atoms with Gasteiger partial charge in [0.1, 0.15) is 23.7 Å². The van der Waals surface area contributed by atoms with Gasteiger partial charge in [-0.3, -0.25) is 13.6 Å². The first-order chi connectivity index (χ1) is 15.7. The number of halogens is 3. The van der Waals surface area contributed by atoms with Crippen LogP contribution in [0.1, 0.15) is 11.8 Å². The molecule has 5 atom stereocenters. The molecule has 0 bridgehead atoms. The van der Waals surface area contributed by atoms with E-state index >= 15 is 4.39 Å². The number of nitrogen functional groups attached to an aromatic ring is 1. The molecule has 2 aliphatic heterocycles. The fourth-order valence-electron chi connectivity index (χ4n) is 3.67. The maximum absolute atomic E-state index is 15.1. The number of rotatable bonds is 5. The smallest absolute Gasteiger partial charge is 0.381 e. The third kappa shape index (κ3) is 3.66. The van der Waals surface area contributed by atoms with Gasteiger partial charge in [-0.1, -0.05) is 18.2 Å². The zero-order chi connectivity index (χ0) is 23.4. The fourth-order valence-corrected chi connectivity index (χ4v) is 5.48. The highest BCUT2D eigenvalue weighted by Crippen LogP contribution is 2.56. The first-order valence-electron chi connectivity index (χ1n) is 9.62. The molecule has 10 nitrogen and oxygen atoms in total. The lowest BCUT2D eigenvalue weighted by atomic mass is 9.97. The summed E-state index contributed by atoms with van der Waals surface area (Å²) in [6.45, 7) is -4.45. The van der Waals surface area contributed by atoms with Crippen LogP contribution in [-0.4, -0.2) is 55.5 Å². The highest BCUT2D eigenvalue weighted by Gasteiger charge is 2.62. The molecule has 2 aliphatic rings. The average molecular weight is 503 g/mol. The van der Waals surface area contributed by atoms with Gasteiger partial charge in [-0.25, -0.2) is 28.1 Å². The summed E-state index contributed by atoms with van der Waals surface area (Å²) in [5, 5.41) is 10.5. The molecule has 5 rings (SSSR count). The van der Waals surface area contributed by atoms with Crippen molar-refractivity contribution in [1.82, 2.24) is 19.5 Å². The first kappa shape index (κ1) is 22.4. The predicted octanol–water partition coefficient (Wildman–Crippen LogP) is 2.49. The molecule has 1 fully saturated rings. The Hall–Kier alpha value is -2.35. The molecule has 0 aliphatic carbocycles. The van der Waals surface area contributed by atoms with Crippen molar-refractivity contribution < 1.29 is 36.6 Å². The summed E-state index contributed by atoms with van der Waals surface area (Å²) in [4.78, 5) is 11.7. The summed E-state index contributed by atoms with van der Waals surface area (Å²) < 4.78 is 66.6. The van der Waals surface area contributed by atoms with Gasteiger partial charge >= 0.3 is 6.72 Å². The number of alkyl halides is 3. The van der Waals surface area contributed by atoms with E-state index in [1.54, 1.807) is 24.3 Å². The number of aromatic nitrogens is 4. The van der Waals surface area contributed by atoms with Crippen molar-refractivity contribution in [1.29, 1.82) is 0 Å². The Morgan fingerprint density at radius 2 is 2.12 bits per heavy atom. The molecule has 33 heavy (non-hydrogen) atoms. The van der Waals surface area contributed by atoms with Crippen molar-refractivity contribution in [3.8, 4) is 5.75 Å². The van der Waals surface area contributed by atoms with Crippen molar-refractivity contribution in [3.05, 3.63) is 42.5 Å². The molecule has 15 heteroatoms. The SMILES string of the molecule is Nc1ncnc2c1ncn2[C@@H]1O[C@@](COP2(=S)OCc3ccccc3O2)(C(F)F)[C@H](O)[C@H]1F. The zero-order valence-corrected chi connectivity index (χ0v) is 18.3. The molecule has 1 saturated heterocycles. The molecule has 2 aromatic heterocycles. The number of hydrogen-bond donors (Lipinski definition) is 2. The minimum atomic E-state index is -3.52. The molecule has 3 N–H and O–H groups in total. The quantitative estimate of drug-likeness (QED) is 0.502. The number of nitrogens with two attached hydrogens (primary N) is 1. The van der Waals surface area contributed by atoms with E-state index in [1.807, 2.05) is 0 Å². The molecular weight excluding hydrogens is 486 g/mol. The van der Waals surface area contributed by atoms with E-state index < -0.39 is 43.9 Å². The minimum absolute atomic E-state index is 0.0147. The molecule has 3 aromatic rings. The van der Waals surface area contributed by atoms with E-state index in [2.05, 4.69) is 15.0 Å². The molecule has 176 valence electrons. The van der Waals surface area contributed by atoms with Crippen LogP contribution in [0, 0.1) is 0 Å². The van der Waals surface area contributed by atoms with E-state index in [-0.39, 0.29) is 23.6 Å². The number of hydrogen-bond acceptors (Lipinski definition) is 10. The van der Waals surface area contributed by atoms with E-state index in [0.717, 1.165) is 17.2 Å². The van der Waals surface area contributed by atoms with Gasteiger partial charge in [-0.2, -0.15) is 0 Å². The van der Waals surface area contributed by atoms with Gasteiger partial charge < -0.3 is 20.1 Å². The van der Waals surface area contributed by atoms with Crippen molar-refractivity contribution in [3.63, 3.8) is 0 Å². The van der Waals surface area contributed by atoms with Crippen LogP contribution in [0.25, 0.3) is 11.2 Å². The topological polar surface area (TPSA) is 127 Å². The van der Waals surface area contributed by atoms with Gasteiger partial charge in [0.05, 0.1) is 19.5 Å². The highest BCUT2D eigenvalue weighted by molar-refractivity contribution is 8.07. The van der Waals surface area contributed by atoms with Gasteiger partial charge in [-0.05, 0) is 6.07 Å². The summed E-state index contributed by atoms with van der Waals surface area (Å²) in [6.07, 6.45) is -7.34. The minimum Gasteiger partial charge on any atom is -0.424 e. The highest BCUT2D eigenvalue weighted by atomic mass is 32.5. The Labute approximate surface area is 189 Å². The molecule has 1 aromatic carbocycles. The number of para-hydroxylation sites is 1. The summed E-state index contributed by atoms with van der Waals surface area (Å²) in [5.41, 5.74) is 3.86. The Morgan fingerprint density at radius 3 is 2.91 bits per heavy atom. The third-order valence-corrected chi connectivity index (χ3v) is 7.62. The lowest BCUT2D eigenvalue weighted by Crippen LogP contribution is -2.52. The molecule has 0 saturated carbocycles. The van der Waals surface area contributed by atoms with Crippen LogP contribution in [0.3, 0.4) is 0 Å².